The molecule has 3 saturated heterocycles. The first-order chi connectivity index (χ1) is 32.9. The van der Waals surface area contributed by atoms with Gasteiger partial charge >= 0.3 is 0 Å². The van der Waals surface area contributed by atoms with Crippen molar-refractivity contribution in [2.24, 2.45) is 0 Å². The molecule has 5 heterocycles. The van der Waals surface area contributed by atoms with Crippen LogP contribution in [0, 0.1) is 5.82 Å². The number of carbonyl (C=O) groups excluding carboxylic acids is 6. The lowest BCUT2D eigenvalue weighted by atomic mass is 9.55. The number of hydrogen-bond donors (Lipinski definition) is 6. The van der Waals surface area contributed by atoms with Crippen molar-refractivity contribution in [1.29, 1.82) is 0 Å². The zero-order valence-electron chi connectivity index (χ0n) is 37.4. The van der Waals surface area contributed by atoms with Gasteiger partial charge < -0.3 is 31.1 Å². The molecule has 4 atom stereocenters. The summed E-state index contributed by atoms with van der Waals surface area (Å²) in [6.07, 6.45) is 6.91. The van der Waals surface area contributed by atoms with Gasteiger partial charge in [-0.05, 0) is 111 Å². The predicted octanol–water partition coefficient (Wildman–Crippen LogP) is 6.88. The highest BCUT2D eigenvalue weighted by molar-refractivity contribution is 6.31. The minimum atomic E-state index is -1.35. The molecule has 354 valence electrons. The zero-order valence-corrected chi connectivity index (χ0v) is 38.9. The highest BCUT2D eigenvalue weighted by Crippen LogP contribution is 2.63. The van der Waals surface area contributed by atoms with Crippen molar-refractivity contribution < 1.29 is 33.2 Å². The van der Waals surface area contributed by atoms with Crippen LogP contribution < -0.4 is 31.9 Å². The Balaban J connectivity index is 0.739. The van der Waals surface area contributed by atoms with Crippen molar-refractivity contribution >= 4 is 75.7 Å². The Bertz CT molecular complexity index is 2710. The maximum Gasteiger partial charge on any atom is 0.255 e. The van der Waals surface area contributed by atoms with Gasteiger partial charge in [0.05, 0.1) is 11.1 Å². The molecule has 0 aromatic heterocycles. The molecule has 2 spiro atoms. The summed E-state index contributed by atoms with van der Waals surface area (Å²) in [5.74, 6) is -3.57. The molecule has 6 N–H and O–H groups in total. The first kappa shape index (κ1) is 45.9. The Morgan fingerprint density at radius 2 is 1.63 bits per heavy atom. The molecule has 17 heteroatoms. The van der Waals surface area contributed by atoms with Crippen LogP contribution in [0.1, 0.15) is 108 Å². The number of rotatable bonds is 11. The lowest BCUT2D eigenvalue weighted by Gasteiger charge is -2.47. The average molecular weight is 964 g/mol. The maximum atomic E-state index is 16.3. The molecule has 4 aromatic carbocycles. The van der Waals surface area contributed by atoms with Crippen LogP contribution in [-0.2, 0) is 31.1 Å². The van der Waals surface area contributed by atoms with Crippen LogP contribution in [0.5, 0.6) is 0 Å². The third kappa shape index (κ3) is 8.10. The van der Waals surface area contributed by atoms with E-state index >= 15 is 4.39 Å². The number of benzene rings is 4. The fraction of sp³-hybridized carbons (Fsp3) is 0.412. The smallest absolute Gasteiger partial charge is 0.255 e. The Hall–Kier alpha value is -5.87. The van der Waals surface area contributed by atoms with Crippen LogP contribution in [-0.4, -0.2) is 95.1 Å². The Kier molecular flexibility index (Phi) is 12.5. The summed E-state index contributed by atoms with van der Waals surface area (Å²) in [7, 11) is 0. The summed E-state index contributed by atoms with van der Waals surface area (Å²) < 4.78 is 16.3. The third-order valence-electron chi connectivity index (χ3n) is 15.2. The van der Waals surface area contributed by atoms with E-state index in [9.17, 15) is 28.8 Å². The highest BCUT2D eigenvalue weighted by Gasteiger charge is 2.72. The summed E-state index contributed by atoms with van der Waals surface area (Å²) in [5, 5.41) is 19.1. The largest absolute Gasteiger partial charge is 0.382 e. The van der Waals surface area contributed by atoms with Gasteiger partial charge in [0.2, 0.25) is 23.6 Å². The molecule has 1 aliphatic carbocycles. The molecule has 5 aliphatic heterocycles. The predicted molar refractivity (Wildman–Crippen MR) is 256 cm³/mol. The van der Waals surface area contributed by atoms with Crippen molar-refractivity contribution in [3.05, 3.63) is 123 Å². The minimum absolute atomic E-state index is 0.102. The van der Waals surface area contributed by atoms with E-state index in [2.05, 4.69) is 36.8 Å². The van der Waals surface area contributed by atoms with Gasteiger partial charge in [-0.15, -0.1) is 0 Å². The quantitative estimate of drug-likeness (QED) is 0.0691. The first-order valence-corrected chi connectivity index (χ1v) is 24.4. The van der Waals surface area contributed by atoms with Crippen LogP contribution in [0.3, 0.4) is 0 Å². The summed E-state index contributed by atoms with van der Waals surface area (Å²) in [6, 6.07) is 20.7. The molecule has 4 fully saturated rings. The monoisotopic (exact) mass is 962 g/mol. The Morgan fingerprint density at radius 1 is 0.868 bits per heavy atom. The van der Waals surface area contributed by atoms with Crippen molar-refractivity contribution in [3.8, 4) is 0 Å². The zero-order chi connectivity index (χ0) is 47.3. The number of fused-ring (bicyclic) bond motifs is 4. The molecular weight excluding hydrogens is 911 g/mol. The Labute approximate surface area is 403 Å². The van der Waals surface area contributed by atoms with Crippen LogP contribution in [0.15, 0.2) is 78.9 Å². The van der Waals surface area contributed by atoms with E-state index < -0.39 is 46.6 Å². The number of nitrogens with one attached hydrogen (secondary N) is 6. The van der Waals surface area contributed by atoms with E-state index in [-0.39, 0.29) is 46.7 Å². The first-order valence-electron chi connectivity index (χ1n) is 23.6. The molecule has 0 bridgehead atoms. The minimum Gasteiger partial charge on any atom is -0.382 e. The molecule has 10 rings (SSSR count). The van der Waals surface area contributed by atoms with Crippen LogP contribution in [0.2, 0.25) is 10.0 Å². The van der Waals surface area contributed by atoms with E-state index in [1.165, 1.54) is 6.07 Å². The van der Waals surface area contributed by atoms with Gasteiger partial charge in [-0.2, -0.15) is 0 Å². The van der Waals surface area contributed by atoms with Crippen molar-refractivity contribution in [2.75, 3.05) is 42.1 Å². The second-order valence-corrected chi connectivity index (χ2v) is 19.8. The van der Waals surface area contributed by atoms with Crippen LogP contribution in [0.4, 0.5) is 21.5 Å². The fourth-order valence-electron chi connectivity index (χ4n) is 12.0. The normalized spacial score (nSPS) is 24.5. The summed E-state index contributed by atoms with van der Waals surface area (Å²) in [5.41, 5.74) is 2.39. The molecule has 68 heavy (non-hydrogen) atoms. The number of likely N-dealkylation sites (tertiary alicyclic amines) is 1. The molecule has 4 aromatic rings. The van der Waals surface area contributed by atoms with Crippen molar-refractivity contribution in [1.82, 2.24) is 25.8 Å². The molecule has 6 amide bonds. The maximum absolute atomic E-state index is 16.3. The van der Waals surface area contributed by atoms with Crippen molar-refractivity contribution in [2.45, 2.75) is 106 Å². The number of anilines is 3. The molecule has 1 saturated carbocycles. The fourth-order valence-corrected chi connectivity index (χ4v) is 12.3. The third-order valence-corrected chi connectivity index (χ3v) is 15.7. The standard InChI is InChI=1S/C51H53Cl2FN8O6/c52-30-13-16-36-39(27-30)58-49(68)51(36)42(34-8-4-9-37(53)43(34)54)44(60-50(51)21-2-1-3-22-50)47(66)57-31-14-11-29(12-15-31)45(64)55-23-6-24-61-25-19-32(20-26-61)56-38-10-5-7-33-35(38)28-62(48(33)67)40-17-18-41(63)59-46(40)65/h4-5,7-16,27,32,40,42,44,56,60H,1-3,6,17-26,28H2,(H,55,64)(H,57,66)(H,58,68)(H,59,63,65)/t40?,42-,44+,51+/m0/s1. The van der Waals surface area contributed by atoms with Gasteiger partial charge in [0, 0.05) is 88.9 Å². The topological polar surface area (TPSA) is 181 Å². The van der Waals surface area contributed by atoms with Gasteiger partial charge in [0.1, 0.15) is 17.3 Å². The summed E-state index contributed by atoms with van der Waals surface area (Å²) in [4.78, 5) is 83.9. The van der Waals surface area contributed by atoms with Gasteiger partial charge in [0.25, 0.3) is 11.8 Å². The summed E-state index contributed by atoms with van der Waals surface area (Å²) in [6.45, 7) is 3.35. The van der Waals surface area contributed by atoms with E-state index in [1.54, 1.807) is 59.5 Å². The second-order valence-electron chi connectivity index (χ2n) is 19.0. The molecule has 0 radical (unpaired) electrons. The SMILES string of the molecule is O=C1CCC(N2Cc3c(NC4CCN(CCCNC(=O)c5ccc(NC(=O)[C@@H]6NC7(CCCCC7)[C@@]7(C(=O)Nc8cc(Cl)ccc87)[C@H]6c6cccc(Cl)c6F)cc5)CC4)cccc3C2=O)C(=O)N1. The van der Waals surface area contributed by atoms with Crippen LogP contribution >= 0.6 is 23.2 Å². The number of amides is 6. The number of nitrogens with zero attached hydrogens (tertiary/aromatic N) is 2. The van der Waals surface area contributed by atoms with Crippen molar-refractivity contribution in [3.63, 3.8) is 0 Å². The lowest BCUT2D eigenvalue weighted by molar-refractivity contribution is -0.137. The average Bonchev–Trinajstić information content (AvgIpc) is 3.93. The van der Waals surface area contributed by atoms with Crippen LogP contribution in [0.25, 0.3) is 0 Å². The van der Waals surface area contributed by atoms with E-state index in [0.29, 0.717) is 65.4 Å². The molecular formula is C51H53Cl2FN8O6. The Morgan fingerprint density at radius 3 is 2.40 bits per heavy atom. The number of imide groups is 1. The summed E-state index contributed by atoms with van der Waals surface area (Å²) >= 11 is 12.8. The lowest BCUT2D eigenvalue weighted by Crippen LogP contribution is -2.60. The van der Waals surface area contributed by atoms with Gasteiger partial charge in [0.15, 0.2) is 0 Å². The number of hydrogen-bond acceptors (Lipinski definition) is 9. The van der Waals surface area contributed by atoms with Gasteiger partial charge in [-0.1, -0.05) is 66.7 Å². The molecule has 6 aliphatic rings. The van der Waals surface area contributed by atoms with E-state index in [0.717, 1.165) is 69.4 Å². The highest BCUT2D eigenvalue weighted by atomic mass is 35.5. The number of carbonyl (C=O) groups is 6. The molecule has 14 nitrogen and oxygen atoms in total. The number of halogens is 3. The van der Waals surface area contributed by atoms with E-state index in [1.807, 2.05) is 18.2 Å². The molecule has 1 unspecified atom stereocenters. The number of piperidine rings is 2. The van der Waals surface area contributed by atoms with E-state index in [4.69, 9.17) is 23.2 Å². The van der Waals surface area contributed by atoms with Gasteiger partial charge in [-0.3, -0.25) is 39.4 Å². The van der Waals surface area contributed by atoms with Gasteiger partial charge in [-0.25, -0.2) is 4.39 Å². The second kappa shape index (κ2) is 18.6.